The lowest BCUT2D eigenvalue weighted by atomic mass is 10.2. The first kappa shape index (κ1) is 19.4. The predicted molar refractivity (Wildman–Crippen MR) is 106 cm³/mol. The Morgan fingerprint density at radius 2 is 1.86 bits per heavy atom. The van der Waals surface area contributed by atoms with Gasteiger partial charge in [0.05, 0.1) is 7.11 Å². The number of methoxy groups -OCH3 is 1. The molecule has 1 saturated carbocycles. The molecule has 1 heterocycles. The minimum absolute atomic E-state index is 0.151. The van der Waals surface area contributed by atoms with Crippen molar-refractivity contribution >= 4 is 29.2 Å². The molecule has 0 radical (unpaired) electrons. The normalized spacial score (nSPS) is 15.9. The highest BCUT2D eigenvalue weighted by atomic mass is 35.5. The number of carbonyl (C=O) groups excluding carboxylic acids is 2. The molecule has 4 rings (SSSR count). The average molecular weight is 418 g/mol. The number of fused-ring (bicyclic) bond motifs is 1. The minimum Gasteiger partial charge on any atom is -0.496 e. The van der Waals surface area contributed by atoms with Crippen molar-refractivity contribution in [2.45, 2.75) is 31.5 Å². The second kappa shape index (κ2) is 7.83. The third-order valence-electron chi connectivity index (χ3n) is 4.90. The summed E-state index contributed by atoms with van der Waals surface area (Å²) in [5.41, 5.74) is 0.682. The summed E-state index contributed by atoms with van der Waals surface area (Å²) >= 11 is 5.91. The minimum atomic E-state index is -0.701. The number of amides is 1. The smallest absolute Gasteiger partial charge is 0.342 e. The van der Waals surface area contributed by atoms with E-state index in [4.69, 9.17) is 30.5 Å². The van der Waals surface area contributed by atoms with E-state index in [1.165, 1.54) is 13.2 Å². The number of ether oxygens (including phenoxy) is 4. The first-order valence-electron chi connectivity index (χ1n) is 9.31. The molecule has 0 aromatic heterocycles. The van der Waals surface area contributed by atoms with Crippen molar-refractivity contribution in [3.05, 3.63) is 47.0 Å². The Hall–Kier alpha value is -2.93. The molecule has 0 saturated heterocycles. The van der Waals surface area contributed by atoms with Crippen molar-refractivity contribution in [2.24, 2.45) is 0 Å². The highest BCUT2D eigenvalue weighted by molar-refractivity contribution is 6.31. The Balaban J connectivity index is 1.35. The maximum absolute atomic E-state index is 12.3. The van der Waals surface area contributed by atoms with Crippen LogP contribution in [-0.4, -0.2) is 31.4 Å². The summed E-state index contributed by atoms with van der Waals surface area (Å²) in [4.78, 5) is 24.5. The van der Waals surface area contributed by atoms with E-state index in [1.54, 1.807) is 30.3 Å². The van der Waals surface area contributed by atoms with Gasteiger partial charge in [-0.3, -0.25) is 4.79 Å². The maximum Gasteiger partial charge on any atom is 0.342 e. The molecule has 1 aliphatic carbocycles. The van der Waals surface area contributed by atoms with Crippen molar-refractivity contribution in [3.63, 3.8) is 0 Å². The Bertz CT molecular complexity index is 954. The number of nitrogens with one attached hydrogen (secondary N) is 1. The van der Waals surface area contributed by atoms with Gasteiger partial charge in [0.2, 0.25) is 0 Å². The Morgan fingerprint density at radius 3 is 2.62 bits per heavy atom. The summed E-state index contributed by atoms with van der Waals surface area (Å²) in [5, 5.41) is 3.05. The summed E-state index contributed by atoms with van der Waals surface area (Å²) in [6.07, 6.45) is 3.85. The fraction of sp³-hybridized carbons (Fsp3) is 0.333. The first-order chi connectivity index (χ1) is 14.0. The van der Waals surface area contributed by atoms with E-state index in [0.29, 0.717) is 28.0 Å². The zero-order valence-corrected chi connectivity index (χ0v) is 16.6. The quantitative estimate of drug-likeness (QED) is 0.734. The summed E-state index contributed by atoms with van der Waals surface area (Å²) in [7, 11) is 1.43. The first-order valence-corrected chi connectivity index (χ1v) is 9.68. The number of carbonyl (C=O) groups is 2. The van der Waals surface area contributed by atoms with Crippen LogP contribution in [0.5, 0.6) is 17.2 Å². The van der Waals surface area contributed by atoms with Crippen LogP contribution in [0.15, 0.2) is 36.4 Å². The van der Waals surface area contributed by atoms with Gasteiger partial charge in [0.15, 0.2) is 18.1 Å². The Labute approximate surface area is 172 Å². The van der Waals surface area contributed by atoms with Crippen molar-refractivity contribution in [3.8, 4) is 17.2 Å². The SMILES string of the molecule is COc1ccc(Cl)cc1C(=O)OCC(=O)Nc1ccc2c(c1)OC1(CCCC1)O2. The number of esters is 1. The molecule has 0 atom stereocenters. The van der Waals surface area contributed by atoms with E-state index >= 15 is 0 Å². The Kier molecular flexibility index (Phi) is 5.24. The summed E-state index contributed by atoms with van der Waals surface area (Å²) in [5.74, 6) is -0.149. The molecule has 152 valence electrons. The lowest BCUT2D eigenvalue weighted by Gasteiger charge is -2.21. The largest absolute Gasteiger partial charge is 0.496 e. The van der Waals surface area contributed by atoms with Gasteiger partial charge in [0.25, 0.3) is 11.7 Å². The molecule has 2 aromatic rings. The van der Waals surface area contributed by atoms with Crippen LogP contribution in [0.2, 0.25) is 5.02 Å². The van der Waals surface area contributed by atoms with Crippen molar-refractivity contribution in [1.29, 1.82) is 0 Å². The maximum atomic E-state index is 12.3. The van der Waals surface area contributed by atoms with Crippen molar-refractivity contribution in [1.82, 2.24) is 0 Å². The average Bonchev–Trinajstić information content (AvgIpc) is 3.31. The second-order valence-electron chi connectivity index (χ2n) is 6.95. The van der Waals surface area contributed by atoms with Crippen LogP contribution in [0.25, 0.3) is 0 Å². The molecule has 2 aromatic carbocycles. The topological polar surface area (TPSA) is 83.1 Å². The lowest BCUT2D eigenvalue weighted by molar-refractivity contribution is -0.119. The van der Waals surface area contributed by atoms with Gasteiger partial charge < -0.3 is 24.3 Å². The molecule has 29 heavy (non-hydrogen) atoms. The van der Waals surface area contributed by atoms with E-state index in [0.717, 1.165) is 25.7 Å². The monoisotopic (exact) mass is 417 g/mol. The zero-order chi connectivity index (χ0) is 20.4. The van der Waals surface area contributed by atoms with Crippen molar-refractivity contribution < 1.29 is 28.5 Å². The van der Waals surface area contributed by atoms with Gasteiger partial charge in [-0.25, -0.2) is 4.79 Å². The number of anilines is 1. The predicted octanol–water partition coefficient (Wildman–Crippen LogP) is 4.19. The summed E-state index contributed by atoms with van der Waals surface area (Å²) in [6.45, 7) is -0.452. The number of halogens is 1. The molecule has 1 fully saturated rings. The standard InChI is InChI=1S/C21H20ClNO6/c1-26-16-6-4-13(22)10-15(16)20(25)27-12-19(24)23-14-5-7-17-18(11-14)29-21(28-17)8-2-3-9-21/h4-7,10-11H,2-3,8-9,12H2,1H3,(H,23,24). The van der Waals surface area contributed by atoms with Crippen LogP contribution in [-0.2, 0) is 9.53 Å². The van der Waals surface area contributed by atoms with Gasteiger partial charge >= 0.3 is 5.97 Å². The number of rotatable bonds is 5. The fourth-order valence-electron chi connectivity index (χ4n) is 3.53. The lowest BCUT2D eigenvalue weighted by Crippen LogP contribution is -2.34. The molecule has 2 aliphatic rings. The second-order valence-corrected chi connectivity index (χ2v) is 7.39. The molecule has 1 N–H and O–H groups in total. The van der Waals surface area contributed by atoms with Crippen LogP contribution in [0, 0.1) is 0 Å². The van der Waals surface area contributed by atoms with Crippen molar-refractivity contribution in [2.75, 3.05) is 19.0 Å². The highest BCUT2D eigenvalue weighted by Crippen LogP contribution is 2.47. The van der Waals surface area contributed by atoms with Gasteiger partial charge in [0.1, 0.15) is 11.3 Å². The van der Waals surface area contributed by atoms with E-state index in [-0.39, 0.29) is 5.56 Å². The summed E-state index contributed by atoms with van der Waals surface area (Å²) < 4.78 is 22.1. The molecule has 1 aliphatic heterocycles. The number of hydrogen-bond donors (Lipinski definition) is 1. The zero-order valence-electron chi connectivity index (χ0n) is 15.8. The number of hydrogen-bond acceptors (Lipinski definition) is 6. The Morgan fingerprint density at radius 1 is 1.10 bits per heavy atom. The molecule has 8 heteroatoms. The number of benzene rings is 2. The van der Waals surface area contributed by atoms with Crippen LogP contribution < -0.4 is 19.5 Å². The molecule has 0 unspecified atom stereocenters. The molecule has 1 spiro atoms. The molecule has 1 amide bonds. The van der Waals surface area contributed by atoms with Crippen LogP contribution in [0.1, 0.15) is 36.0 Å². The van der Waals surface area contributed by atoms with E-state index in [2.05, 4.69) is 5.32 Å². The fourth-order valence-corrected chi connectivity index (χ4v) is 3.71. The van der Waals surface area contributed by atoms with Crippen LogP contribution >= 0.6 is 11.6 Å². The van der Waals surface area contributed by atoms with E-state index in [9.17, 15) is 9.59 Å². The van der Waals surface area contributed by atoms with Gasteiger partial charge in [-0.2, -0.15) is 0 Å². The third-order valence-corrected chi connectivity index (χ3v) is 5.14. The molecule has 0 bridgehead atoms. The van der Waals surface area contributed by atoms with Gasteiger partial charge in [0, 0.05) is 29.6 Å². The van der Waals surface area contributed by atoms with Crippen LogP contribution in [0.4, 0.5) is 5.69 Å². The van der Waals surface area contributed by atoms with Gasteiger partial charge in [-0.1, -0.05) is 11.6 Å². The van der Waals surface area contributed by atoms with E-state index < -0.39 is 24.3 Å². The van der Waals surface area contributed by atoms with Crippen LogP contribution in [0.3, 0.4) is 0 Å². The molecule has 7 nitrogen and oxygen atoms in total. The molecular weight excluding hydrogens is 398 g/mol. The van der Waals surface area contributed by atoms with E-state index in [1.807, 2.05) is 0 Å². The highest BCUT2D eigenvalue weighted by Gasteiger charge is 2.44. The van der Waals surface area contributed by atoms with Gasteiger partial charge in [-0.05, 0) is 43.2 Å². The third kappa shape index (κ3) is 4.10. The summed E-state index contributed by atoms with van der Waals surface area (Å²) in [6, 6.07) is 9.78. The molecular formula is C21H20ClNO6. The van der Waals surface area contributed by atoms with Gasteiger partial charge in [-0.15, -0.1) is 0 Å².